The second-order valence-corrected chi connectivity index (χ2v) is 6.87. The standard InChI is InChI=1S/C16H15N5O3S2/c1-24-13(23)7-11-8-25-15(17-11)18-12(22)9-26-16-19-14(20-21-16)10-5-3-2-4-6-10/h2-6,8H,7,9H2,1H3,(H,17,18,22)(H,19,20,21). The summed E-state index contributed by atoms with van der Waals surface area (Å²) >= 11 is 2.48. The Labute approximate surface area is 157 Å². The highest BCUT2D eigenvalue weighted by molar-refractivity contribution is 7.99. The fourth-order valence-electron chi connectivity index (χ4n) is 1.99. The Bertz CT molecular complexity index is 894. The molecule has 134 valence electrons. The number of hydrogen-bond donors (Lipinski definition) is 2. The SMILES string of the molecule is COC(=O)Cc1csc(NC(=O)CSc2n[nH]c(-c3ccccc3)n2)n1. The summed E-state index contributed by atoms with van der Waals surface area (Å²) in [7, 11) is 1.32. The van der Waals surface area contributed by atoms with E-state index in [1.54, 1.807) is 5.38 Å². The summed E-state index contributed by atoms with van der Waals surface area (Å²) in [6.45, 7) is 0. The molecular weight excluding hydrogens is 374 g/mol. The first-order chi connectivity index (χ1) is 12.6. The lowest BCUT2D eigenvalue weighted by molar-refractivity contribution is -0.139. The molecule has 0 saturated carbocycles. The van der Waals surface area contributed by atoms with Crippen molar-refractivity contribution >= 4 is 40.1 Å². The van der Waals surface area contributed by atoms with Gasteiger partial charge in [-0.1, -0.05) is 42.1 Å². The predicted molar refractivity (Wildman–Crippen MR) is 99.0 cm³/mol. The Morgan fingerprint density at radius 2 is 2.08 bits per heavy atom. The Morgan fingerprint density at radius 1 is 1.27 bits per heavy atom. The van der Waals surface area contributed by atoms with E-state index in [4.69, 9.17) is 0 Å². The molecule has 2 heterocycles. The van der Waals surface area contributed by atoms with Crippen LogP contribution in [0.3, 0.4) is 0 Å². The molecule has 0 atom stereocenters. The smallest absolute Gasteiger partial charge is 0.311 e. The number of thiazole rings is 1. The minimum absolute atomic E-state index is 0.0804. The second-order valence-electron chi connectivity index (χ2n) is 5.07. The van der Waals surface area contributed by atoms with Crippen LogP contribution in [0.2, 0.25) is 0 Å². The van der Waals surface area contributed by atoms with Gasteiger partial charge < -0.3 is 10.1 Å². The molecule has 0 fully saturated rings. The highest BCUT2D eigenvalue weighted by Gasteiger charge is 2.12. The Balaban J connectivity index is 1.50. The van der Waals surface area contributed by atoms with Crippen molar-refractivity contribution < 1.29 is 14.3 Å². The van der Waals surface area contributed by atoms with Crippen LogP contribution < -0.4 is 5.32 Å². The van der Waals surface area contributed by atoms with E-state index < -0.39 is 0 Å². The molecular formula is C16H15N5O3S2. The molecule has 26 heavy (non-hydrogen) atoms. The highest BCUT2D eigenvalue weighted by atomic mass is 32.2. The molecule has 0 radical (unpaired) electrons. The van der Waals surface area contributed by atoms with E-state index >= 15 is 0 Å². The summed E-state index contributed by atoms with van der Waals surface area (Å²) in [6, 6.07) is 9.61. The van der Waals surface area contributed by atoms with E-state index in [2.05, 4.69) is 30.2 Å². The Kier molecular flexibility index (Phi) is 5.97. The maximum atomic E-state index is 12.0. The third-order valence-electron chi connectivity index (χ3n) is 3.20. The van der Waals surface area contributed by atoms with Crippen LogP contribution >= 0.6 is 23.1 Å². The number of carbonyl (C=O) groups is 2. The minimum atomic E-state index is -0.373. The van der Waals surface area contributed by atoms with Gasteiger partial charge in [0.2, 0.25) is 11.1 Å². The molecule has 3 rings (SSSR count). The molecule has 3 aromatic rings. The molecule has 8 nitrogen and oxygen atoms in total. The monoisotopic (exact) mass is 389 g/mol. The van der Waals surface area contributed by atoms with Crippen molar-refractivity contribution in [2.24, 2.45) is 0 Å². The number of H-pyrrole nitrogens is 1. The van der Waals surface area contributed by atoms with E-state index in [0.717, 1.165) is 5.56 Å². The number of benzene rings is 1. The van der Waals surface area contributed by atoms with E-state index in [1.165, 1.54) is 30.2 Å². The van der Waals surface area contributed by atoms with Gasteiger partial charge in [-0.25, -0.2) is 9.97 Å². The second kappa shape index (κ2) is 8.59. The van der Waals surface area contributed by atoms with Crippen LogP contribution in [0.5, 0.6) is 0 Å². The number of ether oxygens (including phenoxy) is 1. The van der Waals surface area contributed by atoms with Gasteiger partial charge in [-0.2, -0.15) is 0 Å². The predicted octanol–water partition coefficient (Wildman–Crippen LogP) is 2.37. The topological polar surface area (TPSA) is 110 Å². The minimum Gasteiger partial charge on any atom is -0.469 e. The summed E-state index contributed by atoms with van der Waals surface area (Å²) in [5.41, 5.74) is 1.49. The number of esters is 1. The van der Waals surface area contributed by atoms with Crippen molar-refractivity contribution in [1.29, 1.82) is 0 Å². The number of anilines is 1. The molecule has 0 unspecified atom stereocenters. The molecule has 2 N–H and O–H groups in total. The van der Waals surface area contributed by atoms with Gasteiger partial charge in [0.25, 0.3) is 0 Å². The summed E-state index contributed by atoms with van der Waals surface area (Å²) in [5.74, 6) is 0.210. The van der Waals surface area contributed by atoms with Crippen LogP contribution in [-0.4, -0.2) is 44.9 Å². The molecule has 1 aromatic carbocycles. The van der Waals surface area contributed by atoms with Crippen LogP contribution in [0, 0.1) is 0 Å². The average Bonchev–Trinajstić information content (AvgIpc) is 3.30. The van der Waals surface area contributed by atoms with Gasteiger partial charge in [-0.3, -0.25) is 14.7 Å². The summed E-state index contributed by atoms with van der Waals surface area (Å²) in [6.07, 6.45) is 0.0804. The number of carbonyl (C=O) groups excluding carboxylic acids is 2. The fraction of sp³-hybridized carbons (Fsp3) is 0.188. The number of amides is 1. The molecule has 0 aliphatic heterocycles. The van der Waals surface area contributed by atoms with Gasteiger partial charge in [0.15, 0.2) is 11.0 Å². The van der Waals surface area contributed by atoms with Crippen molar-refractivity contribution in [2.75, 3.05) is 18.2 Å². The highest BCUT2D eigenvalue weighted by Crippen LogP contribution is 2.20. The zero-order chi connectivity index (χ0) is 18.4. The fourth-order valence-corrected chi connectivity index (χ4v) is 3.31. The number of methoxy groups -OCH3 is 1. The molecule has 0 saturated heterocycles. The van der Waals surface area contributed by atoms with E-state index in [9.17, 15) is 9.59 Å². The van der Waals surface area contributed by atoms with Crippen molar-refractivity contribution in [2.45, 2.75) is 11.6 Å². The van der Waals surface area contributed by atoms with Crippen molar-refractivity contribution in [3.05, 3.63) is 41.4 Å². The summed E-state index contributed by atoms with van der Waals surface area (Å²) in [4.78, 5) is 31.8. The van der Waals surface area contributed by atoms with E-state index in [0.29, 0.717) is 21.8 Å². The first kappa shape index (κ1) is 18.1. The lowest BCUT2D eigenvalue weighted by atomic mass is 10.2. The number of rotatable bonds is 7. The molecule has 2 aromatic heterocycles. The number of aromatic nitrogens is 4. The largest absolute Gasteiger partial charge is 0.469 e. The number of hydrogen-bond acceptors (Lipinski definition) is 8. The molecule has 0 aliphatic rings. The summed E-state index contributed by atoms with van der Waals surface area (Å²) in [5, 5.41) is 12.3. The van der Waals surface area contributed by atoms with Gasteiger partial charge in [-0.05, 0) is 0 Å². The Morgan fingerprint density at radius 3 is 2.85 bits per heavy atom. The lowest BCUT2D eigenvalue weighted by Crippen LogP contribution is -2.14. The van der Waals surface area contributed by atoms with Crippen molar-refractivity contribution in [3.8, 4) is 11.4 Å². The molecule has 1 amide bonds. The van der Waals surface area contributed by atoms with Crippen LogP contribution in [0.4, 0.5) is 5.13 Å². The lowest BCUT2D eigenvalue weighted by Gasteiger charge is -1.99. The third-order valence-corrected chi connectivity index (χ3v) is 4.85. The van der Waals surface area contributed by atoms with Gasteiger partial charge in [0.05, 0.1) is 25.0 Å². The molecule has 0 spiro atoms. The van der Waals surface area contributed by atoms with Gasteiger partial charge >= 0.3 is 5.97 Å². The normalized spacial score (nSPS) is 10.5. The van der Waals surface area contributed by atoms with Crippen LogP contribution in [0.15, 0.2) is 40.9 Å². The number of thioether (sulfide) groups is 1. The van der Waals surface area contributed by atoms with Crippen LogP contribution in [0.1, 0.15) is 5.69 Å². The quantitative estimate of drug-likeness (QED) is 0.471. The first-order valence-electron chi connectivity index (χ1n) is 7.55. The number of aromatic amines is 1. The average molecular weight is 389 g/mol. The van der Waals surface area contributed by atoms with Crippen molar-refractivity contribution in [1.82, 2.24) is 20.2 Å². The van der Waals surface area contributed by atoms with Crippen molar-refractivity contribution in [3.63, 3.8) is 0 Å². The maximum absolute atomic E-state index is 12.0. The maximum Gasteiger partial charge on any atom is 0.311 e. The van der Waals surface area contributed by atoms with Crippen LogP contribution in [0.25, 0.3) is 11.4 Å². The number of nitrogens with one attached hydrogen (secondary N) is 2. The molecule has 0 aliphatic carbocycles. The zero-order valence-electron chi connectivity index (χ0n) is 13.8. The first-order valence-corrected chi connectivity index (χ1v) is 9.42. The Hall–Kier alpha value is -2.72. The van der Waals surface area contributed by atoms with Gasteiger partial charge in [0, 0.05) is 10.9 Å². The zero-order valence-corrected chi connectivity index (χ0v) is 15.4. The molecule has 10 heteroatoms. The molecule has 0 bridgehead atoms. The number of nitrogens with zero attached hydrogens (tertiary/aromatic N) is 3. The van der Waals surface area contributed by atoms with E-state index in [-0.39, 0.29) is 24.1 Å². The van der Waals surface area contributed by atoms with Gasteiger partial charge in [-0.15, -0.1) is 16.4 Å². The van der Waals surface area contributed by atoms with Gasteiger partial charge in [0.1, 0.15) is 0 Å². The third kappa shape index (κ3) is 4.90. The summed E-state index contributed by atoms with van der Waals surface area (Å²) < 4.78 is 4.58. The van der Waals surface area contributed by atoms with Crippen LogP contribution in [-0.2, 0) is 20.7 Å². The van der Waals surface area contributed by atoms with E-state index in [1.807, 2.05) is 30.3 Å².